The second kappa shape index (κ2) is 6.00. The summed E-state index contributed by atoms with van der Waals surface area (Å²) in [6.07, 6.45) is 2.11. The van der Waals surface area contributed by atoms with Crippen molar-refractivity contribution in [2.45, 2.75) is 46.6 Å². The van der Waals surface area contributed by atoms with Gasteiger partial charge in [0.1, 0.15) is 4.88 Å². The molecule has 0 aliphatic carbocycles. The Bertz CT molecular complexity index is 387. The van der Waals surface area contributed by atoms with E-state index in [0.29, 0.717) is 21.6 Å². The number of nitrogens with two attached hydrogens (primary N) is 1. The molecule has 0 bridgehead atoms. The minimum absolute atomic E-state index is 0.0621. The summed E-state index contributed by atoms with van der Waals surface area (Å²) in [4.78, 5) is 16.6. The summed E-state index contributed by atoms with van der Waals surface area (Å²) in [6, 6.07) is 0.188. The van der Waals surface area contributed by atoms with Crippen LogP contribution in [0.1, 0.15) is 49.0 Å². The molecular weight excluding hydrogens is 234 g/mol. The quantitative estimate of drug-likeness (QED) is 0.849. The van der Waals surface area contributed by atoms with Gasteiger partial charge >= 0.3 is 0 Å². The van der Waals surface area contributed by atoms with Crippen LogP contribution >= 0.6 is 11.3 Å². The summed E-state index contributed by atoms with van der Waals surface area (Å²) < 4.78 is 0. The van der Waals surface area contributed by atoms with Crippen LogP contribution in [0.25, 0.3) is 0 Å². The van der Waals surface area contributed by atoms with Gasteiger partial charge in [0, 0.05) is 6.04 Å². The Morgan fingerprint density at radius 2 is 2.06 bits per heavy atom. The van der Waals surface area contributed by atoms with E-state index in [-0.39, 0.29) is 11.9 Å². The molecule has 0 radical (unpaired) electrons. The Labute approximate surface area is 107 Å². The van der Waals surface area contributed by atoms with Crippen molar-refractivity contribution in [2.24, 2.45) is 5.92 Å². The number of aryl methyl sites for hydroxylation is 1. The maximum Gasteiger partial charge on any atom is 0.263 e. The van der Waals surface area contributed by atoms with Gasteiger partial charge in [-0.1, -0.05) is 25.2 Å². The minimum atomic E-state index is -0.0621. The van der Waals surface area contributed by atoms with Crippen molar-refractivity contribution in [3.05, 3.63) is 10.6 Å². The molecule has 1 rings (SSSR count). The molecule has 0 saturated carbocycles. The summed E-state index contributed by atoms with van der Waals surface area (Å²) in [6.45, 7) is 8.20. The molecule has 0 aliphatic rings. The Hall–Kier alpha value is -1.10. The van der Waals surface area contributed by atoms with Crippen molar-refractivity contribution in [2.75, 3.05) is 5.73 Å². The number of nitrogens with one attached hydrogen (secondary N) is 1. The van der Waals surface area contributed by atoms with Crippen LogP contribution in [0.2, 0.25) is 0 Å². The number of hydrogen-bond acceptors (Lipinski definition) is 4. The normalized spacial score (nSPS) is 12.8. The molecule has 3 N–H and O–H groups in total. The van der Waals surface area contributed by atoms with E-state index in [1.165, 1.54) is 11.3 Å². The standard InChI is InChI=1S/C12H21N3OS/c1-7(2)5-6-8(3)14-11(16)10-9(4)15-12(13)17-10/h7-8H,5-6H2,1-4H3,(H2,13,15)(H,14,16). The summed E-state index contributed by atoms with van der Waals surface area (Å²) in [5, 5.41) is 3.43. The van der Waals surface area contributed by atoms with Crippen molar-refractivity contribution < 1.29 is 4.79 Å². The van der Waals surface area contributed by atoms with Crippen molar-refractivity contribution in [1.29, 1.82) is 0 Å². The van der Waals surface area contributed by atoms with Gasteiger partial charge in [-0.15, -0.1) is 0 Å². The van der Waals surface area contributed by atoms with E-state index in [0.717, 1.165) is 12.8 Å². The second-order valence-electron chi connectivity index (χ2n) is 4.81. The molecule has 0 spiro atoms. The number of carbonyl (C=O) groups is 1. The van der Waals surface area contributed by atoms with E-state index in [2.05, 4.69) is 24.1 Å². The highest BCUT2D eigenvalue weighted by atomic mass is 32.1. The summed E-state index contributed by atoms with van der Waals surface area (Å²) >= 11 is 1.24. The lowest BCUT2D eigenvalue weighted by Gasteiger charge is -2.14. The lowest BCUT2D eigenvalue weighted by atomic mass is 10.0. The fraction of sp³-hybridized carbons (Fsp3) is 0.667. The first-order valence-corrected chi connectivity index (χ1v) is 6.75. The Morgan fingerprint density at radius 3 is 2.53 bits per heavy atom. The van der Waals surface area contributed by atoms with Gasteiger partial charge in [-0.05, 0) is 32.6 Å². The zero-order valence-corrected chi connectivity index (χ0v) is 11.7. The molecule has 1 atom stereocenters. The first-order valence-electron chi connectivity index (χ1n) is 5.94. The zero-order chi connectivity index (χ0) is 13.0. The third kappa shape index (κ3) is 4.34. The molecule has 0 aromatic carbocycles. The SMILES string of the molecule is Cc1nc(N)sc1C(=O)NC(C)CCC(C)C. The fourth-order valence-electron chi connectivity index (χ4n) is 1.57. The number of hydrogen-bond donors (Lipinski definition) is 2. The fourth-order valence-corrected chi connectivity index (χ4v) is 2.31. The van der Waals surface area contributed by atoms with E-state index < -0.39 is 0 Å². The first-order chi connectivity index (χ1) is 7.90. The lowest BCUT2D eigenvalue weighted by molar-refractivity contribution is 0.0940. The number of nitrogen functional groups attached to an aromatic ring is 1. The van der Waals surface area contributed by atoms with Gasteiger partial charge in [-0.3, -0.25) is 4.79 Å². The molecule has 0 saturated heterocycles. The van der Waals surface area contributed by atoms with Gasteiger partial charge in [0.15, 0.2) is 5.13 Å². The lowest BCUT2D eigenvalue weighted by Crippen LogP contribution is -2.32. The number of amides is 1. The van der Waals surface area contributed by atoms with Crippen molar-refractivity contribution >= 4 is 22.4 Å². The maximum absolute atomic E-state index is 11.9. The highest BCUT2D eigenvalue weighted by molar-refractivity contribution is 7.17. The summed E-state index contributed by atoms with van der Waals surface area (Å²) in [5.74, 6) is 0.600. The molecule has 0 aliphatic heterocycles. The van der Waals surface area contributed by atoms with Gasteiger partial charge in [0.2, 0.25) is 0 Å². The van der Waals surface area contributed by atoms with Crippen LogP contribution in [-0.2, 0) is 0 Å². The molecule has 17 heavy (non-hydrogen) atoms. The highest BCUT2D eigenvalue weighted by Gasteiger charge is 2.16. The zero-order valence-electron chi connectivity index (χ0n) is 10.9. The van der Waals surface area contributed by atoms with Crippen LogP contribution in [0.15, 0.2) is 0 Å². The van der Waals surface area contributed by atoms with Gasteiger partial charge in [0.25, 0.3) is 5.91 Å². The molecule has 4 nitrogen and oxygen atoms in total. The summed E-state index contributed by atoms with van der Waals surface area (Å²) in [5.41, 5.74) is 6.28. The van der Waals surface area contributed by atoms with Gasteiger partial charge in [-0.2, -0.15) is 0 Å². The number of aromatic nitrogens is 1. The monoisotopic (exact) mass is 255 g/mol. The van der Waals surface area contributed by atoms with Gasteiger partial charge in [-0.25, -0.2) is 4.98 Å². The van der Waals surface area contributed by atoms with Gasteiger partial charge < -0.3 is 11.1 Å². The van der Waals surface area contributed by atoms with Crippen LogP contribution in [-0.4, -0.2) is 16.9 Å². The first kappa shape index (κ1) is 14.0. The Morgan fingerprint density at radius 1 is 1.41 bits per heavy atom. The van der Waals surface area contributed by atoms with E-state index in [1.54, 1.807) is 6.92 Å². The Balaban J connectivity index is 2.51. The van der Waals surface area contributed by atoms with E-state index in [4.69, 9.17) is 5.73 Å². The third-order valence-electron chi connectivity index (χ3n) is 2.57. The second-order valence-corrected chi connectivity index (χ2v) is 5.84. The molecular formula is C12H21N3OS. The molecule has 5 heteroatoms. The highest BCUT2D eigenvalue weighted by Crippen LogP contribution is 2.19. The number of anilines is 1. The van der Waals surface area contributed by atoms with E-state index in [9.17, 15) is 4.79 Å². The van der Waals surface area contributed by atoms with Crippen LogP contribution < -0.4 is 11.1 Å². The van der Waals surface area contributed by atoms with E-state index >= 15 is 0 Å². The predicted octanol–water partition coefficient (Wildman–Crippen LogP) is 2.59. The number of rotatable bonds is 5. The van der Waals surface area contributed by atoms with Crippen molar-refractivity contribution in [1.82, 2.24) is 10.3 Å². The molecule has 96 valence electrons. The van der Waals surface area contributed by atoms with Crippen LogP contribution in [0.3, 0.4) is 0 Å². The van der Waals surface area contributed by atoms with Crippen LogP contribution in [0, 0.1) is 12.8 Å². The molecule has 1 unspecified atom stereocenters. The number of thiazole rings is 1. The average molecular weight is 255 g/mol. The smallest absolute Gasteiger partial charge is 0.263 e. The number of nitrogens with zero attached hydrogens (tertiary/aromatic N) is 1. The topological polar surface area (TPSA) is 68.0 Å². The molecule has 0 fully saturated rings. The van der Waals surface area contributed by atoms with Crippen molar-refractivity contribution in [3.63, 3.8) is 0 Å². The maximum atomic E-state index is 11.9. The third-order valence-corrected chi connectivity index (χ3v) is 3.56. The molecule has 1 aromatic rings. The number of carbonyl (C=O) groups excluding carboxylic acids is 1. The van der Waals surface area contributed by atoms with Gasteiger partial charge in [0.05, 0.1) is 5.69 Å². The Kier molecular flexibility index (Phi) is 4.93. The molecule has 1 aromatic heterocycles. The van der Waals surface area contributed by atoms with Crippen LogP contribution in [0.4, 0.5) is 5.13 Å². The molecule has 1 amide bonds. The minimum Gasteiger partial charge on any atom is -0.375 e. The van der Waals surface area contributed by atoms with Crippen molar-refractivity contribution in [3.8, 4) is 0 Å². The summed E-state index contributed by atoms with van der Waals surface area (Å²) in [7, 11) is 0. The largest absolute Gasteiger partial charge is 0.375 e. The average Bonchev–Trinajstić information content (AvgIpc) is 2.55. The predicted molar refractivity (Wildman–Crippen MR) is 72.3 cm³/mol. The van der Waals surface area contributed by atoms with Crippen LogP contribution in [0.5, 0.6) is 0 Å². The van der Waals surface area contributed by atoms with E-state index in [1.807, 2.05) is 6.92 Å². The molecule has 1 heterocycles.